The first-order valence-corrected chi connectivity index (χ1v) is 32.2. The summed E-state index contributed by atoms with van der Waals surface area (Å²) in [5.41, 5.74) is 23.3. The first kappa shape index (κ1) is 61.4. The van der Waals surface area contributed by atoms with E-state index in [9.17, 15) is 0 Å². The van der Waals surface area contributed by atoms with E-state index in [4.69, 9.17) is 0 Å². The summed E-state index contributed by atoms with van der Waals surface area (Å²) < 4.78 is 2.49. The van der Waals surface area contributed by atoms with E-state index in [2.05, 4.69) is 346 Å². The Bertz CT molecular complexity index is 3130. The molecule has 12 heteroatoms. The predicted molar refractivity (Wildman–Crippen MR) is 388 cm³/mol. The molecule has 0 aromatic heterocycles. The fraction of sp³-hybridized carbons (Fsp3) is 0.216. The zero-order chi connectivity index (χ0) is 61.1. The maximum atomic E-state index is 2.31. The van der Waals surface area contributed by atoms with Crippen molar-refractivity contribution in [2.75, 3.05) is 152 Å². The third-order valence-corrected chi connectivity index (χ3v) is 21.4. The molecule has 8 aromatic carbocycles. The number of rotatable bonds is 16. The minimum Gasteiger partial charge on any atom is -0.378 e. The van der Waals surface area contributed by atoms with Crippen LogP contribution >= 0.6 is 47.0 Å². The molecule has 440 valence electrons. The van der Waals surface area contributed by atoms with Gasteiger partial charge in [0.15, 0.2) is 0 Å². The molecule has 10 rings (SSSR count). The number of anilines is 8. The van der Waals surface area contributed by atoms with Crippen LogP contribution in [0.1, 0.15) is 44.5 Å². The molecular weight excluding hydrogens is 1130 g/mol. The Kier molecular flexibility index (Phi) is 18.9. The van der Waals surface area contributed by atoms with E-state index in [0.717, 1.165) is 90.0 Å². The zero-order valence-corrected chi connectivity index (χ0v) is 56.0. The van der Waals surface area contributed by atoms with Crippen LogP contribution in [0.2, 0.25) is 0 Å². The highest BCUT2D eigenvalue weighted by molar-refractivity contribution is 8.35. The molecule has 8 nitrogen and oxygen atoms in total. The van der Waals surface area contributed by atoms with E-state index in [1.54, 1.807) is 0 Å². The SMILES string of the molecule is CN(C)c1ccc(C(=C2SC(=C3SC(=C(c4ccc(N(C)C)cc4)c4ccc(N(C)C)cc4)C(=C(c4ccc(N(C)C)cc4)c4ccc(N(C)C)cc4)S3)SC2=C(c2ccc(N(C)C)cc2)c2ccc(N(C)C)cc2)c2ccc(N(C)C)cc2)cc1. The van der Waals surface area contributed by atoms with Crippen LogP contribution in [0.3, 0.4) is 0 Å². The van der Waals surface area contributed by atoms with Crippen molar-refractivity contribution < 1.29 is 0 Å². The van der Waals surface area contributed by atoms with E-state index in [1.807, 2.05) is 47.0 Å². The summed E-state index contributed by atoms with van der Waals surface area (Å²) in [6.45, 7) is 0. The first-order chi connectivity index (χ1) is 41.2. The van der Waals surface area contributed by atoms with Gasteiger partial charge in [-0.15, -0.1) is 0 Å². The normalized spacial score (nSPS) is 13.0. The summed E-state index contributed by atoms with van der Waals surface area (Å²) in [4.78, 5) is 22.3. The Hall–Kier alpha value is -7.74. The van der Waals surface area contributed by atoms with Crippen LogP contribution in [0.5, 0.6) is 0 Å². The van der Waals surface area contributed by atoms with Crippen molar-refractivity contribution in [2.24, 2.45) is 0 Å². The highest BCUT2D eigenvalue weighted by Crippen LogP contribution is 2.68. The second kappa shape index (κ2) is 26.5. The van der Waals surface area contributed by atoms with Crippen LogP contribution in [0, 0.1) is 0 Å². The Morgan fingerprint density at radius 1 is 0.174 bits per heavy atom. The van der Waals surface area contributed by atoms with Crippen LogP contribution in [-0.2, 0) is 0 Å². The molecule has 2 saturated heterocycles. The van der Waals surface area contributed by atoms with Crippen molar-refractivity contribution in [1.29, 1.82) is 0 Å². The number of nitrogens with zero attached hydrogens (tertiary/aromatic N) is 8. The van der Waals surface area contributed by atoms with Gasteiger partial charge in [-0.1, -0.05) is 144 Å². The molecule has 2 aliphatic rings. The highest BCUT2D eigenvalue weighted by atomic mass is 32.2. The molecule has 2 aliphatic heterocycles. The van der Waals surface area contributed by atoms with Gasteiger partial charge in [0.2, 0.25) is 0 Å². The molecule has 0 aliphatic carbocycles. The molecule has 0 N–H and O–H groups in total. The maximum Gasteiger partial charge on any atom is 0.0707 e. The van der Waals surface area contributed by atoms with Crippen molar-refractivity contribution in [1.82, 2.24) is 0 Å². The van der Waals surface area contributed by atoms with Crippen LogP contribution < -0.4 is 39.2 Å². The van der Waals surface area contributed by atoms with Crippen LogP contribution in [0.15, 0.2) is 222 Å². The fourth-order valence-electron chi connectivity index (χ4n) is 10.5. The second-order valence-corrected chi connectivity index (χ2v) is 27.9. The summed E-state index contributed by atoms with van der Waals surface area (Å²) in [7, 11) is 33.8. The van der Waals surface area contributed by atoms with Gasteiger partial charge in [-0.2, -0.15) is 0 Å². The molecule has 0 atom stereocenters. The average molecular weight is 1210 g/mol. The third-order valence-electron chi connectivity index (χ3n) is 15.6. The van der Waals surface area contributed by atoms with Gasteiger partial charge in [0, 0.05) is 200 Å². The van der Waals surface area contributed by atoms with Crippen LogP contribution in [-0.4, -0.2) is 113 Å². The summed E-state index contributed by atoms with van der Waals surface area (Å²) in [6.07, 6.45) is 0. The van der Waals surface area contributed by atoms with E-state index in [0.29, 0.717) is 0 Å². The topological polar surface area (TPSA) is 25.9 Å². The van der Waals surface area contributed by atoms with Gasteiger partial charge in [0.05, 0.1) is 8.47 Å². The lowest BCUT2D eigenvalue weighted by Gasteiger charge is -2.20. The molecule has 86 heavy (non-hydrogen) atoms. The average Bonchev–Trinajstić information content (AvgIpc) is 2.03. The zero-order valence-electron chi connectivity index (χ0n) is 52.7. The molecule has 8 aromatic rings. The van der Waals surface area contributed by atoms with Crippen molar-refractivity contribution in [3.8, 4) is 0 Å². The molecule has 0 bridgehead atoms. The van der Waals surface area contributed by atoms with Crippen molar-refractivity contribution in [2.45, 2.75) is 0 Å². The summed E-state index contributed by atoms with van der Waals surface area (Å²) in [5, 5.41) is 0. The summed E-state index contributed by atoms with van der Waals surface area (Å²) in [6, 6.07) is 73.1. The van der Waals surface area contributed by atoms with E-state index >= 15 is 0 Å². The Balaban J connectivity index is 1.34. The lowest BCUT2D eigenvalue weighted by atomic mass is 9.93. The molecular formula is C74H80N8S4. The third kappa shape index (κ3) is 13.3. The molecule has 0 unspecified atom stereocenters. The molecule has 2 fully saturated rings. The molecule has 0 spiro atoms. The number of hydrogen-bond donors (Lipinski definition) is 0. The van der Waals surface area contributed by atoms with Crippen LogP contribution in [0.4, 0.5) is 45.5 Å². The monoisotopic (exact) mass is 1210 g/mol. The van der Waals surface area contributed by atoms with Crippen molar-refractivity contribution in [3.63, 3.8) is 0 Å². The lowest BCUT2D eigenvalue weighted by molar-refractivity contribution is 1.13. The predicted octanol–water partition coefficient (Wildman–Crippen LogP) is 17.4. The van der Waals surface area contributed by atoms with Crippen molar-refractivity contribution >= 4 is 115 Å². The molecule has 0 radical (unpaired) electrons. The van der Waals surface area contributed by atoms with Gasteiger partial charge < -0.3 is 39.2 Å². The minimum absolute atomic E-state index is 1.15. The highest BCUT2D eigenvalue weighted by Gasteiger charge is 2.37. The molecule has 0 amide bonds. The van der Waals surface area contributed by atoms with E-state index in [1.165, 1.54) is 50.4 Å². The largest absolute Gasteiger partial charge is 0.378 e. The number of hydrogen-bond acceptors (Lipinski definition) is 12. The first-order valence-electron chi connectivity index (χ1n) is 28.9. The van der Waals surface area contributed by atoms with Gasteiger partial charge in [-0.3, -0.25) is 0 Å². The van der Waals surface area contributed by atoms with Gasteiger partial charge in [-0.05, 0) is 142 Å². The maximum absolute atomic E-state index is 2.31. The second-order valence-electron chi connectivity index (χ2n) is 23.3. The standard InChI is InChI=1S/C74H80N8S4/c1-75(2)57-33-17-49(18-34-57)65(50-19-35-58(36-20-50)76(3)4)69-70(66(51-21-37-59(38-22-51)77(5)6)52-23-39-60(40-24-52)78(7)8)84-73(83-69)74-85-71(67(53-25-41-61(42-26-53)79(9)10)54-27-43-62(44-28-54)80(11)12)72(86-74)68(55-29-45-63(46-30-55)81(13)14)56-31-47-64(48-32-56)82(15)16/h17-48H,1-16H3. The van der Waals surface area contributed by atoms with Crippen molar-refractivity contribution in [3.05, 3.63) is 267 Å². The fourth-order valence-corrected chi connectivity index (χ4v) is 16.6. The Morgan fingerprint density at radius 2 is 0.279 bits per heavy atom. The number of thioether (sulfide) groups is 4. The van der Waals surface area contributed by atoms with Crippen LogP contribution in [0.25, 0.3) is 22.3 Å². The smallest absolute Gasteiger partial charge is 0.0707 e. The van der Waals surface area contributed by atoms with Gasteiger partial charge in [-0.25, -0.2) is 0 Å². The Morgan fingerprint density at radius 3 is 0.372 bits per heavy atom. The quantitative estimate of drug-likeness (QED) is 0.0922. The molecule has 0 saturated carbocycles. The van der Waals surface area contributed by atoms with Gasteiger partial charge in [0.25, 0.3) is 0 Å². The minimum atomic E-state index is 1.15. The Labute approximate surface area is 529 Å². The summed E-state index contributed by atoms with van der Waals surface area (Å²) in [5.74, 6) is 0. The molecule has 2 heterocycles. The van der Waals surface area contributed by atoms with E-state index in [-0.39, 0.29) is 0 Å². The lowest BCUT2D eigenvalue weighted by Crippen LogP contribution is -2.09. The summed E-state index contributed by atoms with van der Waals surface area (Å²) >= 11 is 7.67. The van der Waals surface area contributed by atoms with Gasteiger partial charge >= 0.3 is 0 Å². The van der Waals surface area contributed by atoms with E-state index < -0.39 is 0 Å². The van der Waals surface area contributed by atoms with Gasteiger partial charge in [0.1, 0.15) is 0 Å². The number of benzene rings is 8.